The lowest BCUT2D eigenvalue weighted by atomic mass is 10.3. The van der Waals surface area contributed by atoms with Crippen LogP contribution in [0.2, 0.25) is 10.2 Å². The van der Waals surface area contributed by atoms with Gasteiger partial charge in [0.1, 0.15) is 16.8 Å². The smallest absolute Gasteiger partial charge is 0.135 e. The maximum Gasteiger partial charge on any atom is 0.135 e. The van der Waals surface area contributed by atoms with E-state index >= 15 is 0 Å². The first-order valence-corrected chi connectivity index (χ1v) is 6.61. The quantitative estimate of drug-likeness (QED) is 0.619. The minimum absolute atomic E-state index is 0.404. The summed E-state index contributed by atoms with van der Waals surface area (Å²) < 4.78 is 1.08. The summed E-state index contributed by atoms with van der Waals surface area (Å²) in [5, 5.41) is 4.16. The molecule has 0 radical (unpaired) electrons. The Hall–Kier alpha value is -0.590. The fraction of sp³-hybridized carbons (Fsp3) is 0.0909. The number of hydrogen-bond acceptors (Lipinski definition) is 3. The molecule has 1 heterocycles. The normalized spacial score (nSPS) is 10.4. The van der Waals surface area contributed by atoms with Gasteiger partial charge in [0.2, 0.25) is 0 Å². The lowest BCUT2D eigenvalue weighted by molar-refractivity contribution is 1.06. The van der Waals surface area contributed by atoms with Crippen molar-refractivity contribution in [3.05, 3.63) is 43.8 Å². The number of nitrogens with one attached hydrogen (secondary N) is 1. The van der Waals surface area contributed by atoms with Gasteiger partial charge >= 0.3 is 0 Å². The van der Waals surface area contributed by atoms with Gasteiger partial charge in [0, 0.05) is 9.64 Å². The van der Waals surface area contributed by atoms with Crippen LogP contribution in [0.25, 0.3) is 0 Å². The van der Waals surface area contributed by atoms with E-state index in [9.17, 15) is 0 Å². The van der Waals surface area contributed by atoms with Crippen molar-refractivity contribution in [2.45, 2.75) is 6.92 Å². The average Bonchev–Trinajstić information content (AvgIpc) is 2.21. The van der Waals surface area contributed by atoms with Crippen LogP contribution < -0.4 is 5.32 Å². The van der Waals surface area contributed by atoms with Crippen molar-refractivity contribution in [3.63, 3.8) is 0 Å². The van der Waals surface area contributed by atoms with Crippen molar-refractivity contribution in [2.24, 2.45) is 0 Å². The molecule has 2 rings (SSSR count). The molecule has 1 N–H and O–H groups in total. The van der Waals surface area contributed by atoms with Gasteiger partial charge in [0.05, 0.1) is 10.7 Å². The topological polar surface area (TPSA) is 37.8 Å². The van der Waals surface area contributed by atoms with Crippen molar-refractivity contribution >= 4 is 57.3 Å². The Morgan fingerprint density at radius 3 is 2.59 bits per heavy atom. The summed E-state index contributed by atoms with van der Waals surface area (Å²) in [7, 11) is 0. The Morgan fingerprint density at radius 2 is 1.94 bits per heavy atom. The minimum atomic E-state index is 0.404. The monoisotopic (exact) mass is 379 g/mol. The molecule has 0 amide bonds. The van der Waals surface area contributed by atoms with Gasteiger partial charge in [-0.1, -0.05) is 23.2 Å². The molecule has 0 atom stereocenters. The summed E-state index contributed by atoms with van der Waals surface area (Å²) in [6, 6.07) is 7.39. The maximum absolute atomic E-state index is 6.12. The summed E-state index contributed by atoms with van der Waals surface area (Å²) in [6.07, 6.45) is 0. The zero-order chi connectivity index (χ0) is 12.4. The number of anilines is 2. The summed E-state index contributed by atoms with van der Waals surface area (Å²) in [6.45, 7) is 1.78. The lowest BCUT2D eigenvalue weighted by Gasteiger charge is -2.08. The summed E-state index contributed by atoms with van der Waals surface area (Å²) in [5.41, 5.74) is 0.793. The molecule has 0 aliphatic carbocycles. The predicted molar refractivity (Wildman–Crippen MR) is 79.2 cm³/mol. The van der Waals surface area contributed by atoms with Gasteiger partial charge in [0.25, 0.3) is 0 Å². The van der Waals surface area contributed by atoms with Gasteiger partial charge in [-0.25, -0.2) is 9.97 Å². The van der Waals surface area contributed by atoms with E-state index in [1.807, 2.05) is 18.2 Å². The highest BCUT2D eigenvalue weighted by molar-refractivity contribution is 14.1. The molecule has 88 valence electrons. The van der Waals surface area contributed by atoms with Gasteiger partial charge in [-0.2, -0.15) is 0 Å². The van der Waals surface area contributed by atoms with Crippen LogP contribution in [-0.2, 0) is 0 Å². The standard InChI is InChI=1S/C11H8Cl2IN3/c1-6-15-10(13)5-11(16-6)17-9-3-2-7(14)4-8(9)12/h2-5H,1H3,(H,15,16,17). The second kappa shape index (κ2) is 5.37. The highest BCUT2D eigenvalue weighted by Crippen LogP contribution is 2.26. The Kier molecular flexibility index (Phi) is 4.06. The number of aromatic nitrogens is 2. The molecule has 0 fully saturated rings. The van der Waals surface area contributed by atoms with E-state index in [2.05, 4.69) is 37.9 Å². The van der Waals surface area contributed by atoms with Crippen LogP contribution in [0.4, 0.5) is 11.5 Å². The van der Waals surface area contributed by atoms with Crippen molar-refractivity contribution in [1.82, 2.24) is 9.97 Å². The molecule has 0 spiro atoms. The lowest BCUT2D eigenvalue weighted by Crippen LogP contribution is -1.97. The number of benzene rings is 1. The van der Waals surface area contributed by atoms with Crippen LogP contribution in [0.1, 0.15) is 5.82 Å². The molecular formula is C11H8Cl2IN3. The van der Waals surface area contributed by atoms with Crippen LogP contribution in [0, 0.1) is 10.5 Å². The first-order valence-electron chi connectivity index (χ1n) is 4.78. The molecule has 0 aliphatic rings. The number of hydrogen-bond donors (Lipinski definition) is 1. The van der Waals surface area contributed by atoms with E-state index in [1.54, 1.807) is 13.0 Å². The number of halogens is 3. The third kappa shape index (κ3) is 3.43. The molecule has 1 aromatic heterocycles. The molecule has 0 bridgehead atoms. The van der Waals surface area contributed by atoms with Crippen LogP contribution in [0.5, 0.6) is 0 Å². The number of rotatable bonds is 2. The zero-order valence-corrected chi connectivity index (χ0v) is 12.5. The number of nitrogens with zero attached hydrogens (tertiary/aromatic N) is 2. The van der Waals surface area contributed by atoms with Crippen molar-refractivity contribution in [2.75, 3.05) is 5.32 Å². The van der Waals surface area contributed by atoms with Crippen molar-refractivity contribution in [1.29, 1.82) is 0 Å². The van der Waals surface area contributed by atoms with Crippen LogP contribution in [0.3, 0.4) is 0 Å². The van der Waals surface area contributed by atoms with Crippen LogP contribution in [0.15, 0.2) is 24.3 Å². The fourth-order valence-corrected chi connectivity index (χ4v) is 2.45. The molecule has 0 aliphatic heterocycles. The highest BCUT2D eigenvalue weighted by Gasteiger charge is 2.04. The van der Waals surface area contributed by atoms with Gasteiger partial charge in [-0.3, -0.25) is 0 Å². The third-order valence-electron chi connectivity index (χ3n) is 2.00. The first kappa shape index (κ1) is 12.9. The van der Waals surface area contributed by atoms with Gasteiger partial charge < -0.3 is 5.32 Å². The van der Waals surface area contributed by atoms with Gasteiger partial charge in [-0.15, -0.1) is 0 Å². The molecule has 17 heavy (non-hydrogen) atoms. The second-order valence-corrected chi connectivity index (χ2v) is 5.41. The Labute approximate surface area is 123 Å². The van der Waals surface area contributed by atoms with E-state index in [1.165, 1.54) is 0 Å². The van der Waals surface area contributed by atoms with E-state index in [0.29, 0.717) is 21.8 Å². The molecule has 0 saturated carbocycles. The zero-order valence-electron chi connectivity index (χ0n) is 8.84. The van der Waals surface area contributed by atoms with Crippen molar-refractivity contribution < 1.29 is 0 Å². The second-order valence-electron chi connectivity index (χ2n) is 3.37. The van der Waals surface area contributed by atoms with Crippen LogP contribution >= 0.6 is 45.8 Å². The molecule has 0 unspecified atom stereocenters. The van der Waals surface area contributed by atoms with Gasteiger partial charge in [0.15, 0.2) is 0 Å². The highest BCUT2D eigenvalue weighted by atomic mass is 127. The van der Waals surface area contributed by atoms with E-state index < -0.39 is 0 Å². The molecule has 2 aromatic rings. The SMILES string of the molecule is Cc1nc(Cl)cc(Nc2ccc(I)cc2Cl)n1. The molecule has 1 aromatic carbocycles. The van der Waals surface area contributed by atoms with E-state index in [0.717, 1.165) is 9.26 Å². The Bertz CT molecular complexity index is 540. The molecule has 0 saturated heterocycles. The minimum Gasteiger partial charge on any atom is -0.339 e. The molecular weight excluding hydrogens is 372 g/mol. The van der Waals surface area contributed by atoms with E-state index in [4.69, 9.17) is 23.2 Å². The number of aryl methyl sites for hydroxylation is 1. The average molecular weight is 380 g/mol. The van der Waals surface area contributed by atoms with Gasteiger partial charge in [-0.05, 0) is 47.7 Å². The Morgan fingerprint density at radius 1 is 1.18 bits per heavy atom. The fourth-order valence-electron chi connectivity index (χ4n) is 1.32. The summed E-state index contributed by atoms with van der Waals surface area (Å²) >= 11 is 14.2. The Balaban J connectivity index is 2.31. The van der Waals surface area contributed by atoms with Crippen molar-refractivity contribution in [3.8, 4) is 0 Å². The largest absolute Gasteiger partial charge is 0.339 e. The molecule has 3 nitrogen and oxygen atoms in total. The summed E-state index contributed by atoms with van der Waals surface area (Å²) in [4.78, 5) is 8.22. The predicted octanol–water partition coefficient (Wildman–Crippen LogP) is 4.44. The third-order valence-corrected chi connectivity index (χ3v) is 3.18. The first-order chi connectivity index (χ1) is 8.04. The van der Waals surface area contributed by atoms with E-state index in [-0.39, 0.29) is 0 Å². The van der Waals surface area contributed by atoms with Crippen LogP contribution in [-0.4, -0.2) is 9.97 Å². The molecule has 6 heteroatoms. The summed E-state index contributed by atoms with van der Waals surface area (Å²) in [5.74, 6) is 1.24. The maximum atomic E-state index is 6.12.